The molecular weight excluding hydrogens is 270 g/mol. The number of hydrogen-bond donors (Lipinski definition) is 0. The van der Waals surface area contributed by atoms with E-state index in [4.69, 9.17) is 11.6 Å². The Bertz CT molecular complexity index is 466. The van der Waals surface area contributed by atoms with Crippen LogP contribution in [0.1, 0.15) is 45.6 Å². The number of hydrogen-bond acceptors (Lipinski definition) is 2. The Labute approximate surface area is 127 Å². The summed E-state index contributed by atoms with van der Waals surface area (Å²) in [5.74, 6) is 0.543. The predicted molar refractivity (Wildman–Crippen MR) is 84.1 cm³/mol. The highest BCUT2D eigenvalue weighted by Crippen LogP contribution is 2.43. The number of nitrogens with zero attached hydrogens (tertiary/aromatic N) is 1. The number of rotatable bonds is 4. The van der Waals surface area contributed by atoms with Crippen molar-refractivity contribution in [3.05, 3.63) is 34.9 Å². The monoisotopic (exact) mass is 293 g/mol. The van der Waals surface area contributed by atoms with Gasteiger partial charge in [-0.25, -0.2) is 0 Å². The van der Waals surface area contributed by atoms with Crippen LogP contribution in [0, 0.1) is 5.92 Å². The number of Topliss-reactive ketones (excluding diaryl/α,β-unsaturated/α-hetero) is 1. The van der Waals surface area contributed by atoms with Crippen LogP contribution in [0.15, 0.2) is 24.3 Å². The van der Waals surface area contributed by atoms with Crippen molar-refractivity contribution in [2.45, 2.75) is 45.6 Å². The topological polar surface area (TPSA) is 20.3 Å². The van der Waals surface area contributed by atoms with Crippen LogP contribution in [0.4, 0.5) is 0 Å². The SMILES string of the molecule is CCN(CC)C1(c2ccc(Cl)cc2)CCC(=O)C(C)C1. The molecule has 0 spiro atoms. The zero-order chi connectivity index (χ0) is 14.8. The van der Waals surface area contributed by atoms with E-state index in [1.165, 1.54) is 5.56 Å². The minimum atomic E-state index is -0.0125. The van der Waals surface area contributed by atoms with E-state index in [-0.39, 0.29) is 11.5 Å². The Kier molecular flexibility index (Phi) is 4.87. The third kappa shape index (κ3) is 2.77. The van der Waals surface area contributed by atoms with Crippen molar-refractivity contribution in [3.63, 3.8) is 0 Å². The van der Waals surface area contributed by atoms with E-state index in [2.05, 4.69) is 37.8 Å². The van der Waals surface area contributed by atoms with Crippen molar-refractivity contribution in [1.82, 2.24) is 4.90 Å². The standard InChI is InChI=1S/C17H24ClNO/c1-4-19(5-2)17(11-10-16(20)13(3)12-17)14-6-8-15(18)9-7-14/h6-9,13H,4-5,10-12H2,1-3H3. The lowest BCUT2D eigenvalue weighted by Crippen LogP contribution is -2.50. The number of carbonyl (C=O) groups is 1. The molecule has 0 aromatic heterocycles. The van der Waals surface area contributed by atoms with Gasteiger partial charge in [0.25, 0.3) is 0 Å². The van der Waals surface area contributed by atoms with Crippen LogP contribution in [0.25, 0.3) is 0 Å². The molecule has 0 bridgehead atoms. The van der Waals surface area contributed by atoms with Crippen LogP contribution >= 0.6 is 11.6 Å². The van der Waals surface area contributed by atoms with Gasteiger partial charge in [-0.1, -0.05) is 44.5 Å². The molecule has 1 saturated carbocycles. The first-order valence-corrected chi connectivity index (χ1v) is 7.95. The van der Waals surface area contributed by atoms with Gasteiger partial charge in [0.2, 0.25) is 0 Å². The first-order chi connectivity index (χ1) is 9.53. The summed E-state index contributed by atoms with van der Waals surface area (Å²) in [6.07, 6.45) is 2.51. The highest BCUT2D eigenvalue weighted by molar-refractivity contribution is 6.30. The average Bonchev–Trinajstić information content (AvgIpc) is 2.45. The van der Waals surface area contributed by atoms with Crippen molar-refractivity contribution < 1.29 is 4.79 Å². The summed E-state index contributed by atoms with van der Waals surface area (Å²) in [7, 11) is 0. The van der Waals surface area contributed by atoms with Crippen LogP contribution in [0.2, 0.25) is 5.02 Å². The van der Waals surface area contributed by atoms with E-state index in [0.717, 1.165) is 31.0 Å². The molecule has 0 N–H and O–H groups in total. The molecule has 1 fully saturated rings. The van der Waals surface area contributed by atoms with Gasteiger partial charge < -0.3 is 0 Å². The first-order valence-electron chi connectivity index (χ1n) is 7.57. The maximum Gasteiger partial charge on any atom is 0.135 e. The lowest BCUT2D eigenvalue weighted by Gasteiger charge is -2.48. The fourth-order valence-electron chi connectivity index (χ4n) is 3.62. The van der Waals surface area contributed by atoms with Crippen LogP contribution in [-0.2, 0) is 10.3 Å². The Morgan fingerprint density at radius 3 is 2.35 bits per heavy atom. The number of carbonyl (C=O) groups excluding carboxylic acids is 1. The summed E-state index contributed by atoms with van der Waals surface area (Å²) in [4.78, 5) is 14.4. The zero-order valence-electron chi connectivity index (χ0n) is 12.7. The quantitative estimate of drug-likeness (QED) is 0.826. The van der Waals surface area contributed by atoms with Gasteiger partial charge in [-0.2, -0.15) is 0 Å². The summed E-state index contributed by atoms with van der Waals surface area (Å²) in [6, 6.07) is 8.18. The normalized spacial score (nSPS) is 27.1. The molecule has 1 aliphatic rings. The second kappa shape index (κ2) is 6.28. The van der Waals surface area contributed by atoms with E-state index < -0.39 is 0 Å². The van der Waals surface area contributed by atoms with Gasteiger partial charge >= 0.3 is 0 Å². The average molecular weight is 294 g/mol. The largest absolute Gasteiger partial charge is 0.299 e. The molecule has 0 aliphatic heterocycles. The third-order valence-electron chi connectivity index (χ3n) is 4.73. The van der Waals surface area contributed by atoms with Crippen molar-refractivity contribution in [1.29, 1.82) is 0 Å². The second-order valence-corrected chi connectivity index (χ2v) is 6.22. The predicted octanol–water partition coefficient (Wildman–Crippen LogP) is 4.27. The van der Waals surface area contributed by atoms with Crippen molar-refractivity contribution in [2.75, 3.05) is 13.1 Å². The Morgan fingerprint density at radius 1 is 1.25 bits per heavy atom. The molecule has 2 nitrogen and oxygen atoms in total. The van der Waals surface area contributed by atoms with E-state index in [1.54, 1.807) is 0 Å². The zero-order valence-corrected chi connectivity index (χ0v) is 13.4. The summed E-state index contributed by atoms with van der Waals surface area (Å²) in [5.41, 5.74) is 1.28. The van der Waals surface area contributed by atoms with E-state index in [9.17, 15) is 4.79 Å². The molecule has 1 aliphatic carbocycles. The van der Waals surface area contributed by atoms with E-state index >= 15 is 0 Å². The molecule has 3 heteroatoms. The molecule has 20 heavy (non-hydrogen) atoms. The van der Waals surface area contributed by atoms with E-state index in [0.29, 0.717) is 12.2 Å². The van der Waals surface area contributed by atoms with Crippen LogP contribution in [0.5, 0.6) is 0 Å². The first kappa shape index (κ1) is 15.5. The summed E-state index contributed by atoms with van der Waals surface area (Å²) in [6.45, 7) is 8.46. The molecule has 2 atom stereocenters. The van der Waals surface area contributed by atoms with E-state index in [1.807, 2.05) is 12.1 Å². The number of benzene rings is 1. The molecule has 0 radical (unpaired) electrons. The molecule has 1 aromatic rings. The smallest absolute Gasteiger partial charge is 0.135 e. The maximum absolute atomic E-state index is 11.9. The number of halogens is 1. The van der Waals surface area contributed by atoms with Gasteiger partial charge in [-0.3, -0.25) is 9.69 Å². The lowest BCUT2D eigenvalue weighted by molar-refractivity contribution is -0.128. The van der Waals surface area contributed by atoms with Gasteiger partial charge in [-0.15, -0.1) is 0 Å². The Hall–Kier alpha value is -0.860. The van der Waals surface area contributed by atoms with Crippen LogP contribution in [-0.4, -0.2) is 23.8 Å². The molecular formula is C17H24ClNO. The molecule has 0 heterocycles. The molecule has 110 valence electrons. The third-order valence-corrected chi connectivity index (χ3v) is 4.98. The van der Waals surface area contributed by atoms with Gasteiger partial charge in [0.1, 0.15) is 5.78 Å². The molecule has 2 rings (SSSR count). The van der Waals surface area contributed by atoms with Crippen molar-refractivity contribution >= 4 is 17.4 Å². The van der Waals surface area contributed by atoms with Gasteiger partial charge in [0.05, 0.1) is 0 Å². The summed E-state index contributed by atoms with van der Waals surface area (Å²) in [5, 5.41) is 0.767. The summed E-state index contributed by atoms with van der Waals surface area (Å²) >= 11 is 6.03. The van der Waals surface area contributed by atoms with Gasteiger partial charge in [0.15, 0.2) is 0 Å². The number of ketones is 1. The maximum atomic E-state index is 11.9. The molecule has 0 amide bonds. The Balaban J connectivity index is 2.43. The van der Waals surface area contributed by atoms with Gasteiger partial charge in [-0.05, 0) is 43.6 Å². The van der Waals surface area contributed by atoms with Gasteiger partial charge in [0, 0.05) is 22.9 Å². The molecule has 2 unspecified atom stereocenters. The Morgan fingerprint density at radius 2 is 1.85 bits per heavy atom. The molecule has 0 saturated heterocycles. The second-order valence-electron chi connectivity index (χ2n) is 5.78. The molecule has 1 aromatic carbocycles. The van der Waals surface area contributed by atoms with Crippen LogP contribution < -0.4 is 0 Å². The fraction of sp³-hybridized carbons (Fsp3) is 0.588. The highest BCUT2D eigenvalue weighted by Gasteiger charge is 2.43. The highest BCUT2D eigenvalue weighted by atomic mass is 35.5. The lowest BCUT2D eigenvalue weighted by atomic mass is 9.70. The minimum Gasteiger partial charge on any atom is -0.299 e. The van der Waals surface area contributed by atoms with Crippen molar-refractivity contribution in [2.24, 2.45) is 5.92 Å². The van der Waals surface area contributed by atoms with Crippen LogP contribution in [0.3, 0.4) is 0 Å². The van der Waals surface area contributed by atoms with Crippen molar-refractivity contribution in [3.8, 4) is 0 Å². The summed E-state index contributed by atoms with van der Waals surface area (Å²) < 4.78 is 0. The fourth-order valence-corrected chi connectivity index (χ4v) is 3.75. The minimum absolute atomic E-state index is 0.0125.